The Balaban J connectivity index is 1.96. The standard InChI is InChI=1S/C18H30N2O2/c1-14(2)11-15(3)19-9-7-18(12-19)8-10-20(13-18)16(21)22-17(4,5)6/h11H,1,7-10,12-13H2,2-6H3/b15-11+. The molecule has 2 aliphatic heterocycles. The maximum Gasteiger partial charge on any atom is 0.410 e. The Bertz CT molecular complexity index is 490. The van der Waals surface area contributed by atoms with Gasteiger partial charge in [0.25, 0.3) is 0 Å². The SMILES string of the molecule is C=C(C)/C=C(\C)N1CCC2(CCN(C(=O)OC(C)(C)C)C2)C1. The van der Waals surface area contributed by atoms with Gasteiger partial charge in [-0.15, -0.1) is 0 Å². The topological polar surface area (TPSA) is 32.8 Å². The monoisotopic (exact) mass is 306 g/mol. The van der Waals surface area contributed by atoms with Crippen molar-refractivity contribution in [3.8, 4) is 0 Å². The maximum atomic E-state index is 12.2. The Hall–Kier alpha value is -1.45. The molecule has 0 radical (unpaired) electrons. The van der Waals surface area contributed by atoms with Gasteiger partial charge in [-0.2, -0.15) is 0 Å². The molecule has 0 aromatic carbocycles. The van der Waals surface area contributed by atoms with Crippen LogP contribution >= 0.6 is 0 Å². The molecule has 1 amide bonds. The molecule has 2 saturated heterocycles. The number of nitrogens with zero attached hydrogens (tertiary/aromatic N) is 2. The van der Waals surface area contributed by atoms with Gasteiger partial charge in [-0.1, -0.05) is 12.2 Å². The highest BCUT2D eigenvalue weighted by atomic mass is 16.6. The van der Waals surface area contributed by atoms with Crippen LogP contribution in [0.1, 0.15) is 47.5 Å². The van der Waals surface area contributed by atoms with Gasteiger partial charge < -0.3 is 14.5 Å². The van der Waals surface area contributed by atoms with E-state index in [1.807, 2.05) is 32.6 Å². The van der Waals surface area contributed by atoms with E-state index in [-0.39, 0.29) is 11.5 Å². The molecule has 0 aliphatic carbocycles. The molecular weight excluding hydrogens is 276 g/mol. The molecule has 0 aromatic rings. The van der Waals surface area contributed by atoms with Crippen LogP contribution in [-0.2, 0) is 4.74 Å². The van der Waals surface area contributed by atoms with Crippen molar-refractivity contribution in [3.63, 3.8) is 0 Å². The van der Waals surface area contributed by atoms with Gasteiger partial charge in [0.05, 0.1) is 0 Å². The summed E-state index contributed by atoms with van der Waals surface area (Å²) in [4.78, 5) is 16.5. The van der Waals surface area contributed by atoms with Crippen molar-refractivity contribution in [1.29, 1.82) is 0 Å². The fourth-order valence-electron chi connectivity index (χ4n) is 3.43. The van der Waals surface area contributed by atoms with Crippen molar-refractivity contribution < 1.29 is 9.53 Å². The molecule has 124 valence electrons. The molecule has 1 unspecified atom stereocenters. The Morgan fingerprint density at radius 3 is 2.23 bits per heavy atom. The first-order valence-corrected chi connectivity index (χ1v) is 8.17. The number of hydrogen-bond donors (Lipinski definition) is 0. The Morgan fingerprint density at radius 2 is 1.68 bits per heavy atom. The average Bonchev–Trinajstić information content (AvgIpc) is 2.95. The molecule has 2 fully saturated rings. The quantitative estimate of drug-likeness (QED) is 0.728. The average molecular weight is 306 g/mol. The smallest absolute Gasteiger partial charge is 0.410 e. The largest absolute Gasteiger partial charge is 0.444 e. The van der Waals surface area contributed by atoms with E-state index in [0.29, 0.717) is 0 Å². The van der Waals surface area contributed by atoms with Crippen molar-refractivity contribution in [3.05, 3.63) is 23.9 Å². The van der Waals surface area contributed by atoms with Crippen LogP contribution < -0.4 is 0 Å². The van der Waals surface area contributed by atoms with Gasteiger partial charge in [0.15, 0.2) is 0 Å². The number of carbonyl (C=O) groups excluding carboxylic acids is 1. The van der Waals surface area contributed by atoms with E-state index in [0.717, 1.165) is 44.6 Å². The van der Waals surface area contributed by atoms with E-state index in [1.165, 1.54) is 5.70 Å². The molecule has 2 aliphatic rings. The molecule has 0 N–H and O–H groups in total. The molecule has 22 heavy (non-hydrogen) atoms. The van der Waals surface area contributed by atoms with Gasteiger partial charge in [0.1, 0.15) is 5.60 Å². The first-order valence-electron chi connectivity index (χ1n) is 8.17. The molecule has 1 atom stereocenters. The summed E-state index contributed by atoms with van der Waals surface area (Å²) in [5.41, 5.74) is 2.18. The highest BCUT2D eigenvalue weighted by Gasteiger charge is 2.45. The minimum Gasteiger partial charge on any atom is -0.444 e. The summed E-state index contributed by atoms with van der Waals surface area (Å²) < 4.78 is 5.50. The van der Waals surface area contributed by atoms with Gasteiger partial charge in [-0.25, -0.2) is 4.79 Å². The van der Waals surface area contributed by atoms with Gasteiger partial charge in [-0.3, -0.25) is 0 Å². The number of carbonyl (C=O) groups is 1. The fourth-order valence-corrected chi connectivity index (χ4v) is 3.43. The predicted octanol–water partition coefficient (Wildman–Crippen LogP) is 3.80. The number of amides is 1. The van der Waals surface area contributed by atoms with Crippen molar-refractivity contribution in [2.75, 3.05) is 26.2 Å². The van der Waals surface area contributed by atoms with Crippen LogP contribution in [-0.4, -0.2) is 47.7 Å². The minimum atomic E-state index is -0.421. The van der Waals surface area contributed by atoms with Crippen LogP contribution in [0.25, 0.3) is 0 Å². The first-order chi connectivity index (χ1) is 10.1. The highest BCUT2D eigenvalue weighted by Crippen LogP contribution is 2.41. The summed E-state index contributed by atoms with van der Waals surface area (Å²) >= 11 is 0. The van der Waals surface area contributed by atoms with E-state index in [2.05, 4.69) is 24.5 Å². The summed E-state index contributed by atoms with van der Waals surface area (Å²) in [5, 5.41) is 0. The van der Waals surface area contributed by atoms with E-state index in [4.69, 9.17) is 4.74 Å². The van der Waals surface area contributed by atoms with E-state index in [1.54, 1.807) is 0 Å². The summed E-state index contributed by atoms with van der Waals surface area (Å²) in [6.07, 6.45) is 4.19. The Labute approximate surface area is 134 Å². The molecule has 0 saturated carbocycles. The van der Waals surface area contributed by atoms with Gasteiger partial charge >= 0.3 is 6.09 Å². The molecule has 2 rings (SSSR count). The van der Waals surface area contributed by atoms with Crippen molar-refractivity contribution in [1.82, 2.24) is 9.80 Å². The van der Waals surface area contributed by atoms with E-state index >= 15 is 0 Å². The van der Waals surface area contributed by atoms with Crippen LogP contribution in [0.2, 0.25) is 0 Å². The number of allylic oxidation sites excluding steroid dienone is 3. The minimum absolute atomic E-state index is 0.169. The molecule has 4 heteroatoms. The van der Waals surface area contributed by atoms with Crippen LogP contribution in [0.4, 0.5) is 4.79 Å². The third-order valence-corrected chi connectivity index (χ3v) is 4.48. The molecular formula is C18H30N2O2. The second kappa shape index (κ2) is 5.98. The van der Waals surface area contributed by atoms with Crippen molar-refractivity contribution in [2.45, 2.75) is 53.1 Å². The molecule has 2 heterocycles. The Kier molecular flexibility index (Phi) is 4.59. The molecule has 4 nitrogen and oxygen atoms in total. The lowest BCUT2D eigenvalue weighted by Crippen LogP contribution is -2.37. The van der Waals surface area contributed by atoms with Crippen molar-refractivity contribution >= 4 is 6.09 Å². The van der Waals surface area contributed by atoms with Crippen LogP contribution in [0, 0.1) is 5.41 Å². The Morgan fingerprint density at radius 1 is 1.14 bits per heavy atom. The zero-order valence-corrected chi connectivity index (χ0v) is 14.7. The summed E-state index contributed by atoms with van der Waals surface area (Å²) in [6, 6.07) is 0. The zero-order chi connectivity index (χ0) is 16.5. The van der Waals surface area contributed by atoms with Gasteiger partial charge in [0, 0.05) is 37.3 Å². The fraction of sp³-hybridized carbons (Fsp3) is 0.722. The zero-order valence-electron chi connectivity index (χ0n) is 14.7. The summed E-state index contributed by atoms with van der Waals surface area (Å²) in [5.74, 6) is 0. The summed E-state index contributed by atoms with van der Waals surface area (Å²) in [7, 11) is 0. The third kappa shape index (κ3) is 4.05. The van der Waals surface area contributed by atoms with E-state index < -0.39 is 5.60 Å². The van der Waals surface area contributed by atoms with E-state index in [9.17, 15) is 4.79 Å². The second-order valence-corrected chi connectivity index (χ2v) is 7.96. The number of ether oxygens (including phenoxy) is 1. The van der Waals surface area contributed by atoms with Crippen LogP contribution in [0.15, 0.2) is 23.9 Å². The summed E-state index contributed by atoms with van der Waals surface area (Å²) in [6.45, 7) is 17.6. The third-order valence-electron chi connectivity index (χ3n) is 4.48. The molecule has 0 aromatic heterocycles. The maximum absolute atomic E-state index is 12.2. The molecule has 0 bridgehead atoms. The van der Waals surface area contributed by atoms with Gasteiger partial charge in [-0.05, 0) is 53.5 Å². The number of likely N-dealkylation sites (tertiary alicyclic amines) is 2. The lowest BCUT2D eigenvalue weighted by Gasteiger charge is -2.27. The predicted molar refractivity (Wildman–Crippen MR) is 89.6 cm³/mol. The lowest BCUT2D eigenvalue weighted by molar-refractivity contribution is 0.0274. The van der Waals surface area contributed by atoms with Crippen LogP contribution in [0.5, 0.6) is 0 Å². The van der Waals surface area contributed by atoms with Gasteiger partial charge in [0.2, 0.25) is 0 Å². The van der Waals surface area contributed by atoms with Crippen LogP contribution in [0.3, 0.4) is 0 Å². The second-order valence-electron chi connectivity index (χ2n) is 7.96. The number of rotatable bonds is 2. The van der Waals surface area contributed by atoms with Crippen molar-refractivity contribution in [2.24, 2.45) is 5.41 Å². The normalized spacial score (nSPS) is 26.0. The first kappa shape index (κ1) is 16.9. The number of hydrogen-bond acceptors (Lipinski definition) is 3. The highest BCUT2D eigenvalue weighted by molar-refractivity contribution is 5.68. The lowest BCUT2D eigenvalue weighted by atomic mass is 9.86. The molecule has 1 spiro atoms.